The van der Waals surface area contributed by atoms with Crippen LogP contribution in [0, 0.1) is 0 Å². The van der Waals surface area contributed by atoms with Crippen LogP contribution in [-0.2, 0) is 9.68 Å². The summed E-state index contributed by atoms with van der Waals surface area (Å²) in [5.41, 5.74) is 3.00. The second-order valence-electron chi connectivity index (χ2n) is 2.95. The first kappa shape index (κ1) is 10.8. The molecule has 76 valence electrons. The molecule has 1 rings (SSSR count). The van der Waals surface area contributed by atoms with E-state index in [1.807, 2.05) is 31.2 Å². The van der Waals surface area contributed by atoms with E-state index in [2.05, 4.69) is 6.58 Å². The molecule has 0 N–H and O–H groups in total. The number of hydrogen-bond donors (Lipinski definition) is 0. The molecule has 0 radical (unpaired) electrons. The van der Waals surface area contributed by atoms with E-state index in [9.17, 15) is 0 Å². The van der Waals surface area contributed by atoms with Crippen molar-refractivity contribution in [1.29, 1.82) is 0 Å². The highest BCUT2D eigenvalue weighted by atomic mass is 16.9. The van der Waals surface area contributed by atoms with Gasteiger partial charge in [-0.15, -0.1) is 5.23 Å². The summed E-state index contributed by atoms with van der Waals surface area (Å²) in [4.78, 5) is 9.95. The second kappa shape index (κ2) is 4.79. The zero-order valence-corrected chi connectivity index (χ0v) is 8.78. The van der Waals surface area contributed by atoms with Gasteiger partial charge < -0.3 is 0 Å². The van der Waals surface area contributed by atoms with Crippen LogP contribution in [0.15, 0.2) is 30.8 Å². The Morgan fingerprint density at radius 1 is 1.14 bits per heavy atom. The van der Waals surface area contributed by atoms with Crippen LogP contribution in [0.25, 0.3) is 5.57 Å². The largest absolute Gasteiger partial charge is 0.252 e. The SMILES string of the molecule is C=C(C)c1ccc(N(OC)OC)cc1. The Kier molecular flexibility index (Phi) is 3.68. The van der Waals surface area contributed by atoms with E-state index in [4.69, 9.17) is 9.68 Å². The van der Waals surface area contributed by atoms with Crippen molar-refractivity contribution in [2.24, 2.45) is 0 Å². The number of rotatable bonds is 4. The normalized spacial score (nSPS) is 9.93. The summed E-state index contributed by atoms with van der Waals surface area (Å²) >= 11 is 0. The van der Waals surface area contributed by atoms with E-state index in [1.54, 1.807) is 14.2 Å². The van der Waals surface area contributed by atoms with Gasteiger partial charge in [0.05, 0.1) is 19.9 Å². The van der Waals surface area contributed by atoms with Crippen molar-refractivity contribution < 1.29 is 9.68 Å². The van der Waals surface area contributed by atoms with Crippen LogP contribution < -0.4 is 5.23 Å². The van der Waals surface area contributed by atoms with E-state index >= 15 is 0 Å². The average molecular weight is 193 g/mol. The number of allylic oxidation sites excluding steroid dienone is 1. The first-order chi connectivity index (χ1) is 6.69. The van der Waals surface area contributed by atoms with Gasteiger partial charge in [-0.05, 0) is 24.6 Å². The Morgan fingerprint density at radius 2 is 1.64 bits per heavy atom. The Balaban J connectivity index is 2.87. The summed E-state index contributed by atoms with van der Waals surface area (Å²) in [6, 6.07) is 7.78. The Labute approximate surface area is 84.5 Å². The third kappa shape index (κ3) is 2.34. The van der Waals surface area contributed by atoms with Gasteiger partial charge in [-0.3, -0.25) is 9.68 Å². The maximum absolute atomic E-state index is 4.97. The maximum Gasteiger partial charge on any atom is 0.0947 e. The quantitative estimate of drug-likeness (QED) is 0.686. The Hall–Kier alpha value is -1.32. The molecule has 0 fully saturated rings. The van der Waals surface area contributed by atoms with Crippen LogP contribution in [0.4, 0.5) is 5.69 Å². The summed E-state index contributed by atoms with van der Waals surface area (Å²) in [6.07, 6.45) is 0. The highest BCUT2D eigenvalue weighted by molar-refractivity contribution is 5.63. The predicted molar refractivity (Wildman–Crippen MR) is 57.6 cm³/mol. The predicted octanol–water partition coefficient (Wildman–Crippen LogP) is 2.65. The van der Waals surface area contributed by atoms with Crippen LogP contribution in [-0.4, -0.2) is 14.2 Å². The van der Waals surface area contributed by atoms with Crippen molar-refractivity contribution in [2.45, 2.75) is 6.92 Å². The molecule has 1 aromatic carbocycles. The molecule has 0 spiro atoms. The van der Waals surface area contributed by atoms with Crippen LogP contribution in [0.1, 0.15) is 12.5 Å². The molecule has 0 amide bonds. The fourth-order valence-corrected chi connectivity index (χ4v) is 1.15. The van der Waals surface area contributed by atoms with Gasteiger partial charge in [0.25, 0.3) is 0 Å². The molecule has 0 aliphatic rings. The number of benzene rings is 1. The molecular weight excluding hydrogens is 178 g/mol. The molecule has 0 atom stereocenters. The standard InChI is InChI=1S/C11H15NO2/c1-9(2)10-5-7-11(8-6-10)12(13-3)14-4/h5-8H,1H2,2-4H3. The van der Waals surface area contributed by atoms with Crippen molar-refractivity contribution in [3.8, 4) is 0 Å². The van der Waals surface area contributed by atoms with E-state index in [-0.39, 0.29) is 0 Å². The van der Waals surface area contributed by atoms with E-state index < -0.39 is 0 Å². The summed E-state index contributed by atoms with van der Waals surface area (Å²) in [6.45, 7) is 5.84. The average Bonchev–Trinajstić information content (AvgIpc) is 2.20. The number of nitrogens with zero attached hydrogens (tertiary/aromatic N) is 1. The summed E-state index contributed by atoms with van der Waals surface area (Å²) in [5.74, 6) is 0. The van der Waals surface area contributed by atoms with E-state index in [1.165, 1.54) is 5.23 Å². The molecule has 14 heavy (non-hydrogen) atoms. The minimum Gasteiger partial charge on any atom is -0.252 e. The lowest BCUT2D eigenvalue weighted by molar-refractivity contribution is -0.0433. The zero-order chi connectivity index (χ0) is 10.6. The van der Waals surface area contributed by atoms with Gasteiger partial charge in [0.2, 0.25) is 0 Å². The van der Waals surface area contributed by atoms with Crippen LogP contribution in [0.5, 0.6) is 0 Å². The van der Waals surface area contributed by atoms with E-state index in [0.29, 0.717) is 0 Å². The third-order valence-electron chi connectivity index (χ3n) is 1.90. The fourth-order valence-electron chi connectivity index (χ4n) is 1.15. The molecule has 0 saturated carbocycles. The monoisotopic (exact) mass is 193 g/mol. The molecule has 1 aromatic rings. The summed E-state index contributed by atoms with van der Waals surface area (Å²) in [7, 11) is 3.10. The lowest BCUT2D eigenvalue weighted by Crippen LogP contribution is -2.19. The molecule has 0 aliphatic carbocycles. The molecule has 3 nitrogen and oxygen atoms in total. The maximum atomic E-state index is 4.97. The van der Waals surface area contributed by atoms with Gasteiger partial charge in [-0.1, -0.05) is 24.3 Å². The van der Waals surface area contributed by atoms with E-state index in [0.717, 1.165) is 16.8 Å². The lowest BCUT2D eigenvalue weighted by atomic mass is 10.1. The van der Waals surface area contributed by atoms with Crippen LogP contribution in [0.3, 0.4) is 0 Å². The fraction of sp³-hybridized carbons (Fsp3) is 0.273. The molecule has 3 heteroatoms. The highest BCUT2D eigenvalue weighted by Gasteiger charge is 2.03. The van der Waals surface area contributed by atoms with Crippen molar-refractivity contribution in [1.82, 2.24) is 0 Å². The molecule has 0 bridgehead atoms. The van der Waals surface area contributed by atoms with Gasteiger partial charge in [0, 0.05) is 0 Å². The first-order valence-electron chi connectivity index (χ1n) is 4.33. The third-order valence-corrected chi connectivity index (χ3v) is 1.90. The zero-order valence-electron chi connectivity index (χ0n) is 8.78. The number of hydrogen-bond acceptors (Lipinski definition) is 3. The van der Waals surface area contributed by atoms with Crippen LogP contribution >= 0.6 is 0 Å². The lowest BCUT2D eigenvalue weighted by Gasteiger charge is -2.18. The number of anilines is 1. The summed E-state index contributed by atoms with van der Waals surface area (Å²) in [5, 5.41) is 1.34. The Bertz CT molecular complexity index is 302. The van der Waals surface area contributed by atoms with Gasteiger partial charge >= 0.3 is 0 Å². The van der Waals surface area contributed by atoms with Gasteiger partial charge in [-0.25, -0.2) is 0 Å². The van der Waals surface area contributed by atoms with Crippen molar-refractivity contribution in [3.63, 3.8) is 0 Å². The van der Waals surface area contributed by atoms with Crippen molar-refractivity contribution >= 4 is 11.3 Å². The molecule has 0 saturated heterocycles. The smallest absolute Gasteiger partial charge is 0.0947 e. The molecular formula is C11H15NO2. The van der Waals surface area contributed by atoms with Crippen LogP contribution in [0.2, 0.25) is 0 Å². The minimum atomic E-state index is 0.847. The molecule has 0 unspecified atom stereocenters. The molecule has 0 aromatic heterocycles. The van der Waals surface area contributed by atoms with Gasteiger partial charge in [0.1, 0.15) is 0 Å². The highest BCUT2D eigenvalue weighted by Crippen LogP contribution is 2.18. The van der Waals surface area contributed by atoms with Gasteiger partial charge in [0.15, 0.2) is 0 Å². The Morgan fingerprint density at radius 3 is 2.00 bits per heavy atom. The molecule has 0 heterocycles. The van der Waals surface area contributed by atoms with Gasteiger partial charge in [-0.2, -0.15) is 0 Å². The minimum absolute atomic E-state index is 0.847. The second-order valence-corrected chi connectivity index (χ2v) is 2.95. The van der Waals surface area contributed by atoms with Crippen molar-refractivity contribution in [2.75, 3.05) is 19.4 Å². The summed E-state index contributed by atoms with van der Waals surface area (Å²) < 4.78 is 0. The van der Waals surface area contributed by atoms with Crippen molar-refractivity contribution in [3.05, 3.63) is 36.4 Å². The topological polar surface area (TPSA) is 21.7 Å². The first-order valence-corrected chi connectivity index (χ1v) is 4.33. The molecule has 0 aliphatic heterocycles.